The molecule has 1 aromatic heterocycles. The number of aromatic nitrogens is 1. The van der Waals surface area contributed by atoms with Crippen LogP contribution in [0.5, 0.6) is 0 Å². The van der Waals surface area contributed by atoms with Crippen molar-refractivity contribution in [2.45, 2.75) is 23.1 Å². The monoisotopic (exact) mass is 238 g/mol. The largest absolute Gasteiger partial charge is 0.468 e. The van der Waals surface area contributed by atoms with Crippen LogP contribution in [0.15, 0.2) is 23.4 Å². The van der Waals surface area contributed by atoms with Gasteiger partial charge in [0.15, 0.2) is 0 Å². The third-order valence-electron chi connectivity index (χ3n) is 2.49. The zero-order valence-corrected chi connectivity index (χ0v) is 9.87. The van der Waals surface area contributed by atoms with E-state index < -0.39 is 0 Å². The third kappa shape index (κ3) is 2.66. The molecule has 0 aromatic carbocycles. The van der Waals surface area contributed by atoms with Crippen LogP contribution in [0.2, 0.25) is 0 Å². The van der Waals surface area contributed by atoms with Gasteiger partial charge in [0.25, 0.3) is 0 Å². The summed E-state index contributed by atoms with van der Waals surface area (Å²) in [6, 6.07) is 3.62. The van der Waals surface area contributed by atoms with E-state index in [-0.39, 0.29) is 11.2 Å². The first kappa shape index (κ1) is 11.3. The minimum Gasteiger partial charge on any atom is -0.468 e. The van der Waals surface area contributed by atoms with Gasteiger partial charge in [0.05, 0.1) is 24.0 Å². The quantitative estimate of drug-likeness (QED) is 0.639. The average molecular weight is 238 g/mol. The van der Waals surface area contributed by atoms with Gasteiger partial charge in [-0.1, -0.05) is 11.8 Å². The van der Waals surface area contributed by atoms with E-state index in [1.807, 2.05) is 6.07 Å². The molecule has 2 N–H and O–H groups in total. The van der Waals surface area contributed by atoms with Gasteiger partial charge in [-0.3, -0.25) is 4.79 Å². The maximum absolute atomic E-state index is 11.6. The predicted octanol–water partition coefficient (Wildman–Crippen LogP) is 1.71. The molecule has 4 nitrogen and oxygen atoms in total. The Hall–Kier alpha value is -1.23. The molecule has 86 valence electrons. The van der Waals surface area contributed by atoms with Crippen LogP contribution in [0.4, 0.5) is 5.69 Å². The molecule has 5 heteroatoms. The molecule has 1 aromatic rings. The number of nitrogen functional groups attached to an aromatic ring is 1. The van der Waals surface area contributed by atoms with Crippen molar-refractivity contribution in [1.82, 2.24) is 4.98 Å². The summed E-state index contributed by atoms with van der Waals surface area (Å²) >= 11 is 1.46. The van der Waals surface area contributed by atoms with Crippen LogP contribution < -0.4 is 5.73 Å². The van der Waals surface area contributed by atoms with Crippen LogP contribution in [-0.4, -0.2) is 23.3 Å². The second-order valence-corrected chi connectivity index (χ2v) is 4.99. The van der Waals surface area contributed by atoms with Gasteiger partial charge in [-0.15, -0.1) is 0 Å². The van der Waals surface area contributed by atoms with Crippen molar-refractivity contribution in [1.29, 1.82) is 0 Å². The Morgan fingerprint density at radius 2 is 2.38 bits per heavy atom. The minimum absolute atomic E-state index is 0.124. The van der Waals surface area contributed by atoms with Gasteiger partial charge in [-0.05, 0) is 30.9 Å². The topological polar surface area (TPSA) is 65.2 Å². The first-order valence-electron chi connectivity index (χ1n) is 5.16. The molecule has 0 aliphatic heterocycles. The number of thioether (sulfide) groups is 1. The number of hydrogen-bond donors (Lipinski definition) is 1. The Morgan fingerprint density at radius 1 is 1.62 bits per heavy atom. The van der Waals surface area contributed by atoms with Crippen LogP contribution in [0, 0.1) is 5.92 Å². The number of rotatable bonds is 4. The number of anilines is 1. The number of ether oxygens (including phenoxy) is 1. The molecule has 0 spiro atoms. The molecule has 1 atom stereocenters. The van der Waals surface area contributed by atoms with E-state index in [9.17, 15) is 4.79 Å². The summed E-state index contributed by atoms with van der Waals surface area (Å²) in [6.07, 6.45) is 3.80. The highest BCUT2D eigenvalue weighted by molar-refractivity contribution is 8.00. The lowest BCUT2D eigenvalue weighted by atomic mass is 10.3. The summed E-state index contributed by atoms with van der Waals surface area (Å²) in [5, 5.41) is 0.692. The molecule has 1 aliphatic rings. The molecule has 0 bridgehead atoms. The normalized spacial score (nSPS) is 16.8. The number of carbonyl (C=O) groups excluding carboxylic acids is 1. The van der Waals surface area contributed by atoms with E-state index in [1.165, 1.54) is 18.9 Å². The number of esters is 1. The number of carbonyl (C=O) groups is 1. The fourth-order valence-electron chi connectivity index (χ4n) is 1.44. The standard InChI is InChI=1S/C11H14N2O2S/c1-15-11(14)10(7-2-3-7)16-9-5-4-8(12)6-13-9/h4-7,10H,2-3,12H2,1H3. The van der Waals surface area contributed by atoms with E-state index in [0.29, 0.717) is 11.6 Å². The first-order chi connectivity index (χ1) is 7.70. The Kier molecular flexibility index (Phi) is 3.33. The maximum atomic E-state index is 11.6. The van der Waals surface area contributed by atoms with Crippen LogP contribution in [-0.2, 0) is 9.53 Å². The molecule has 1 unspecified atom stereocenters. The van der Waals surface area contributed by atoms with E-state index in [4.69, 9.17) is 10.5 Å². The molecule has 0 saturated heterocycles. The summed E-state index contributed by atoms with van der Waals surface area (Å²) in [5.41, 5.74) is 6.18. The molecule has 16 heavy (non-hydrogen) atoms. The van der Waals surface area contributed by atoms with Crippen LogP contribution in [0.1, 0.15) is 12.8 Å². The summed E-state index contributed by atoms with van der Waals surface area (Å²) in [7, 11) is 1.43. The number of nitrogens with two attached hydrogens (primary N) is 1. The Bertz CT molecular complexity index is 376. The smallest absolute Gasteiger partial charge is 0.319 e. The van der Waals surface area contributed by atoms with Gasteiger partial charge in [-0.2, -0.15) is 0 Å². The van der Waals surface area contributed by atoms with E-state index in [2.05, 4.69) is 4.98 Å². The van der Waals surface area contributed by atoms with E-state index in [0.717, 1.165) is 17.9 Å². The second-order valence-electron chi connectivity index (χ2n) is 3.83. The highest BCUT2D eigenvalue weighted by Crippen LogP contribution is 2.41. The fraction of sp³-hybridized carbons (Fsp3) is 0.455. The maximum Gasteiger partial charge on any atom is 0.319 e. The number of hydrogen-bond acceptors (Lipinski definition) is 5. The summed E-state index contributed by atoms with van der Waals surface area (Å²) in [6.45, 7) is 0. The Morgan fingerprint density at radius 3 is 2.88 bits per heavy atom. The van der Waals surface area contributed by atoms with Gasteiger partial charge in [0, 0.05) is 0 Å². The molecule has 1 aliphatic carbocycles. The Balaban J connectivity index is 2.05. The first-order valence-corrected chi connectivity index (χ1v) is 6.04. The highest BCUT2D eigenvalue weighted by atomic mass is 32.2. The summed E-state index contributed by atoms with van der Waals surface area (Å²) < 4.78 is 4.80. The van der Waals surface area contributed by atoms with Gasteiger partial charge in [0.2, 0.25) is 0 Å². The van der Waals surface area contributed by atoms with Crippen molar-refractivity contribution < 1.29 is 9.53 Å². The van der Waals surface area contributed by atoms with Crippen LogP contribution in [0.25, 0.3) is 0 Å². The molecule has 1 saturated carbocycles. The van der Waals surface area contributed by atoms with E-state index in [1.54, 1.807) is 12.3 Å². The molecule has 2 rings (SSSR count). The second kappa shape index (κ2) is 4.74. The lowest BCUT2D eigenvalue weighted by Crippen LogP contribution is -2.20. The minimum atomic E-state index is -0.161. The van der Waals surface area contributed by atoms with Gasteiger partial charge < -0.3 is 10.5 Å². The van der Waals surface area contributed by atoms with Crippen LogP contribution >= 0.6 is 11.8 Å². The molecular weight excluding hydrogens is 224 g/mol. The average Bonchev–Trinajstić information content (AvgIpc) is 3.11. The molecule has 1 heterocycles. The number of pyridine rings is 1. The number of nitrogens with zero attached hydrogens (tertiary/aromatic N) is 1. The molecule has 0 amide bonds. The Labute approximate surface area is 98.6 Å². The van der Waals surface area contributed by atoms with Crippen LogP contribution in [0.3, 0.4) is 0 Å². The van der Waals surface area contributed by atoms with Gasteiger partial charge in [-0.25, -0.2) is 4.98 Å². The highest BCUT2D eigenvalue weighted by Gasteiger charge is 2.37. The number of methoxy groups -OCH3 is 1. The van der Waals surface area contributed by atoms with Gasteiger partial charge >= 0.3 is 5.97 Å². The van der Waals surface area contributed by atoms with E-state index >= 15 is 0 Å². The van der Waals surface area contributed by atoms with Crippen molar-refractivity contribution in [2.24, 2.45) is 5.92 Å². The summed E-state index contributed by atoms with van der Waals surface area (Å²) in [4.78, 5) is 15.7. The lowest BCUT2D eigenvalue weighted by molar-refractivity contribution is -0.140. The molecule has 1 fully saturated rings. The van der Waals surface area contributed by atoms with Crippen molar-refractivity contribution in [3.63, 3.8) is 0 Å². The van der Waals surface area contributed by atoms with Crippen molar-refractivity contribution in [2.75, 3.05) is 12.8 Å². The molecule has 0 radical (unpaired) electrons. The fourth-order valence-corrected chi connectivity index (χ4v) is 2.62. The molecular formula is C11H14N2O2S. The lowest BCUT2D eigenvalue weighted by Gasteiger charge is -2.12. The van der Waals surface area contributed by atoms with Gasteiger partial charge in [0.1, 0.15) is 5.25 Å². The summed E-state index contributed by atoms with van der Waals surface area (Å²) in [5.74, 6) is 0.280. The van der Waals surface area contributed by atoms with Crippen molar-refractivity contribution in [3.05, 3.63) is 18.3 Å². The van der Waals surface area contributed by atoms with Crippen molar-refractivity contribution >= 4 is 23.4 Å². The zero-order valence-electron chi connectivity index (χ0n) is 9.05. The predicted molar refractivity (Wildman–Crippen MR) is 63.0 cm³/mol. The zero-order chi connectivity index (χ0) is 11.5. The third-order valence-corrected chi connectivity index (χ3v) is 3.80. The van der Waals surface area contributed by atoms with Crippen molar-refractivity contribution in [3.8, 4) is 0 Å². The SMILES string of the molecule is COC(=O)C(Sc1ccc(N)cn1)C1CC1.